The van der Waals surface area contributed by atoms with Crippen molar-refractivity contribution in [3.05, 3.63) is 29.6 Å². The lowest BCUT2D eigenvalue weighted by atomic mass is 10.1. The number of anilines is 1. The molecule has 1 aromatic heterocycles. The van der Waals surface area contributed by atoms with E-state index in [1.165, 1.54) is 19.2 Å². The molecule has 0 atom stereocenters. The number of aromatic nitrogens is 2. The molecule has 0 fully saturated rings. The van der Waals surface area contributed by atoms with E-state index in [4.69, 9.17) is 15.7 Å². The molecule has 0 saturated heterocycles. The Bertz CT molecular complexity index is 600. The van der Waals surface area contributed by atoms with Crippen LogP contribution in [-0.2, 0) is 0 Å². The number of benzene rings is 1. The number of nitrogens with two attached hydrogens (primary N) is 1. The molecular weight excluding hydrogens is 223 g/mol. The maximum Gasteiger partial charge on any atom is 0.165 e. The highest BCUT2D eigenvalue weighted by Crippen LogP contribution is 2.34. The summed E-state index contributed by atoms with van der Waals surface area (Å²) in [5, 5.41) is 15.3. The number of H-pyrrole nitrogens is 1. The third-order valence-electron chi connectivity index (χ3n) is 2.35. The monoisotopic (exact) mass is 232 g/mol. The minimum absolute atomic E-state index is 0.0488. The average Bonchev–Trinajstić information content (AvgIpc) is 2.69. The Morgan fingerprint density at radius 2 is 2.29 bits per heavy atom. The first-order chi connectivity index (χ1) is 8.19. The van der Waals surface area contributed by atoms with Crippen LogP contribution in [0.15, 0.2) is 18.2 Å². The van der Waals surface area contributed by atoms with Gasteiger partial charge >= 0.3 is 0 Å². The van der Waals surface area contributed by atoms with Crippen molar-refractivity contribution in [1.82, 2.24) is 10.2 Å². The summed E-state index contributed by atoms with van der Waals surface area (Å²) in [6.45, 7) is 0. The van der Waals surface area contributed by atoms with Crippen LogP contribution in [0.25, 0.3) is 11.3 Å². The van der Waals surface area contributed by atoms with Crippen LogP contribution in [0.5, 0.6) is 5.75 Å². The topological polar surface area (TPSA) is 87.7 Å². The summed E-state index contributed by atoms with van der Waals surface area (Å²) in [6, 6.07) is 6.33. The van der Waals surface area contributed by atoms with Crippen LogP contribution in [0.4, 0.5) is 10.2 Å². The van der Waals surface area contributed by atoms with Crippen LogP contribution in [0.3, 0.4) is 0 Å². The molecule has 0 spiro atoms. The smallest absolute Gasteiger partial charge is 0.165 e. The van der Waals surface area contributed by atoms with Crippen molar-refractivity contribution in [2.45, 2.75) is 0 Å². The molecule has 0 aliphatic carbocycles. The highest BCUT2D eigenvalue weighted by molar-refractivity contribution is 5.76. The molecule has 1 heterocycles. The number of nitrogens with one attached hydrogen (secondary N) is 1. The second-order valence-electron chi connectivity index (χ2n) is 3.29. The van der Waals surface area contributed by atoms with Crippen LogP contribution in [0.1, 0.15) is 5.56 Å². The van der Waals surface area contributed by atoms with Crippen molar-refractivity contribution in [3.8, 4) is 23.1 Å². The first kappa shape index (κ1) is 11.0. The minimum atomic E-state index is -0.512. The van der Waals surface area contributed by atoms with Crippen LogP contribution in [-0.4, -0.2) is 17.3 Å². The van der Waals surface area contributed by atoms with Gasteiger partial charge in [0.15, 0.2) is 17.4 Å². The zero-order chi connectivity index (χ0) is 12.4. The van der Waals surface area contributed by atoms with E-state index in [-0.39, 0.29) is 17.1 Å². The van der Waals surface area contributed by atoms with Gasteiger partial charge in [0.1, 0.15) is 11.6 Å². The molecule has 0 saturated carbocycles. The van der Waals surface area contributed by atoms with Crippen molar-refractivity contribution < 1.29 is 9.13 Å². The summed E-state index contributed by atoms with van der Waals surface area (Å²) >= 11 is 0. The fourth-order valence-electron chi connectivity index (χ4n) is 1.58. The Morgan fingerprint density at radius 1 is 1.53 bits per heavy atom. The van der Waals surface area contributed by atoms with E-state index in [0.717, 1.165) is 0 Å². The maximum absolute atomic E-state index is 13.5. The maximum atomic E-state index is 13.5. The normalized spacial score (nSPS) is 9.94. The van der Waals surface area contributed by atoms with E-state index in [9.17, 15) is 4.39 Å². The van der Waals surface area contributed by atoms with Crippen LogP contribution >= 0.6 is 0 Å². The number of hydrogen-bond donors (Lipinski definition) is 2. The van der Waals surface area contributed by atoms with Gasteiger partial charge in [-0.1, -0.05) is 6.07 Å². The molecule has 0 amide bonds. The first-order valence-corrected chi connectivity index (χ1v) is 4.75. The number of hydrogen-bond acceptors (Lipinski definition) is 4. The van der Waals surface area contributed by atoms with E-state index >= 15 is 0 Å². The number of aromatic amines is 1. The standard InChI is InChI=1S/C11H9FN4O/c1-17-10-6(3-2-4-8(10)12)9-7(5-13)11(14)16-15-9/h2-4H,1H3,(H3,14,15,16). The van der Waals surface area contributed by atoms with Gasteiger partial charge in [0, 0.05) is 5.56 Å². The minimum Gasteiger partial charge on any atom is -0.493 e. The fraction of sp³-hybridized carbons (Fsp3) is 0.0909. The molecule has 5 nitrogen and oxygen atoms in total. The van der Waals surface area contributed by atoms with Gasteiger partial charge in [-0.25, -0.2) is 4.39 Å². The predicted molar refractivity (Wildman–Crippen MR) is 59.7 cm³/mol. The summed E-state index contributed by atoms with van der Waals surface area (Å²) in [4.78, 5) is 0. The molecule has 2 aromatic rings. The zero-order valence-electron chi connectivity index (χ0n) is 8.99. The van der Waals surface area contributed by atoms with Gasteiger partial charge in [-0.3, -0.25) is 5.10 Å². The van der Waals surface area contributed by atoms with E-state index in [2.05, 4.69) is 10.2 Å². The Kier molecular flexibility index (Phi) is 2.66. The summed E-state index contributed by atoms with van der Waals surface area (Å²) in [6.07, 6.45) is 0. The third kappa shape index (κ3) is 1.67. The molecule has 0 bridgehead atoms. The molecule has 0 aliphatic heterocycles. The lowest BCUT2D eigenvalue weighted by Gasteiger charge is -2.07. The molecule has 3 N–H and O–H groups in total. The van der Waals surface area contributed by atoms with E-state index in [1.54, 1.807) is 6.07 Å². The van der Waals surface area contributed by atoms with Crippen LogP contribution in [0, 0.1) is 17.1 Å². The van der Waals surface area contributed by atoms with Gasteiger partial charge in [-0.15, -0.1) is 0 Å². The van der Waals surface area contributed by atoms with Crippen molar-refractivity contribution >= 4 is 5.82 Å². The Hall–Kier alpha value is -2.55. The van der Waals surface area contributed by atoms with Gasteiger partial charge in [-0.05, 0) is 12.1 Å². The number of nitrogens with zero attached hydrogens (tertiary/aromatic N) is 2. The lowest BCUT2D eigenvalue weighted by Crippen LogP contribution is -1.93. The quantitative estimate of drug-likeness (QED) is 0.824. The molecular formula is C11H9FN4O. The summed E-state index contributed by atoms with van der Waals surface area (Å²) in [7, 11) is 1.35. The fourth-order valence-corrected chi connectivity index (χ4v) is 1.58. The molecule has 0 radical (unpaired) electrons. The molecule has 6 heteroatoms. The molecule has 17 heavy (non-hydrogen) atoms. The second kappa shape index (κ2) is 4.14. The van der Waals surface area contributed by atoms with E-state index in [1.807, 2.05) is 6.07 Å². The number of para-hydroxylation sites is 1. The Labute approximate surface area is 96.6 Å². The Morgan fingerprint density at radius 3 is 2.94 bits per heavy atom. The molecule has 1 aromatic carbocycles. The summed E-state index contributed by atoms with van der Waals surface area (Å²) in [5.74, 6) is -0.386. The van der Waals surface area contributed by atoms with Crippen molar-refractivity contribution in [2.24, 2.45) is 0 Å². The van der Waals surface area contributed by atoms with Crippen molar-refractivity contribution in [2.75, 3.05) is 12.8 Å². The SMILES string of the molecule is COc1c(F)cccc1-c1[nH]nc(N)c1C#N. The molecule has 0 unspecified atom stereocenters. The van der Waals surface area contributed by atoms with Gasteiger partial charge in [0.2, 0.25) is 0 Å². The molecule has 0 aliphatic rings. The summed E-state index contributed by atoms with van der Waals surface area (Å²) < 4.78 is 18.5. The van der Waals surface area contributed by atoms with Crippen LogP contribution in [0.2, 0.25) is 0 Å². The molecule has 86 valence electrons. The van der Waals surface area contributed by atoms with Crippen LogP contribution < -0.4 is 10.5 Å². The number of ether oxygens (including phenoxy) is 1. The predicted octanol–water partition coefficient (Wildman–Crippen LogP) is 1.68. The summed E-state index contributed by atoms with van der Waals surface area (Å²) in [5.41, 5.74) is 6.45. The highest BCUT2D eigenvalue weighted by Gasteiger charge is 2.18. The van der Waals surface area contributed by atoms with Crippen molar-refractivity contribution in [1.29, 1.82) is 5.26 Å². The van der Waals surface area contributed by atoms with Gasteiger partial charge in [0.05, 0.1) is 12.8 Å². The van der Waals surface area contributed by atoms with Gasteiger partial charge in [0.25, 0.3) is 0 Å². The lowest BCUT2D eigenvalue weighted by molar-refractivity contribution is 0.388. The largest absolute Gasteiger partial charge is 0.493 e. The second-order valence-corrected chi connectivity index (χ2v) is 3.29. The van der Waals surface area contributed by atoms with Gasteiger partial charge in [-0.2, -0.15) is 10.4 Å². The number of methoxy groups -OCH3 is 1. The average molecular weight is 232 g/mol. The van der Waals surface area contributed by atoms with Crippen molar-refractivity contribution in [3.63, 3.8) is 0 Å². The van der Waals surface area contributed by atoms with E-state index < -0.39 is 5.82 Å². The molecule has 2 rings (SSSR count). The highest BCUT2D eigenvalue weighted by atomic mass is 19.1. The number of nitrogen functional groups attached to an aromatic ring is 1. The number of halogens is 1. The van der Waals surface area contributed by atoms with E-state index in [0.29, 0.717) is 11.3 Å². The number of nitriles is 1. The number of rotatable bonds is 2. The first-order valence-electron chi connectivity index (χ1n) is 4.75. The Balaban J connectivity index is 2.69. The van der Waals surface area contributed by atoms with Gasteiger partial charge < -0.3 is 10.5 Å². The third-order valence-corrected chi connectivity index (χ3v) is 2.35. The zero-order valence-corrected chi connectivity index (χ0v) is 8.99.